The average molecular weight is 391 g/mol. The molecule has 0 N–H and O–H groups in total. The number of hydrogen-bond acceptors (Lipinski definition) is 2. The molecule has 30 heavy (non-hydrogen) atoms. The standard InChI is InChI=1S/C27H21NO2/c29-27-22-14-7-8-15-23(22)28(18-20-10-3-1-4-11-20)24-16-9-17-25(26(24)27)30-19-21-12-5-2-6-13-21/h1-17H,18-19H2. The molecular weight excluding hydrogens is 370 g/mol. The molecule has 4 aromatic carbocycles. The van der Waals surface area contributed by atoms with Gasteiger partial charge in [0.15, 0.2) is 0 Å². The van der Waals surface area contributed by atoms with Crippen molar-refractivity contribution in [3.63, 3.8) is 0 Å². The minimum Gasteiger partial charge on any atom is -0.488 e. The maximum atomic E-state index is 13.4. The molecule has 146 valence electrons. The molecule has 0 saturated heterocycles. The van der Waals surface area contributed by atoms with Gasteiger partial charge in [0.2, 0.25) is 5.43 Å². The molecule has 0 amide bonds. The summed E-state index contributed by atoms with van der Waals surface area (Å²) in [5.74, 6) is 0.619. The lowest BCUT2D eigenvalue weighted by atomic mass is 10.1. The van der Waals surface area contributed by atoms with Crippen molar-refractivity contribution in [3.8, 4) is 5.75 Å². The van der Waals surface area contributed by atoms with Gasteiger partial charge in [0.1, 0.15) is 12.4 Å². The summed E-state index contributed by atoms with van der Waals surface area (Å²) in [5, 5.41) is 1.33. The molecule has 5 aromatic rings. The van der Waals surface area contributed by atoms with Crippen LogP contribution < -0.4 is 10.2 Å². The summed E-state index contributed by atoms with van der Waals surface area (Å²) >= 11 is 0. The Bertz CT molecular complexity index is 1370. The minimum atomic E-state index is 0.00794. The second kappa shape index (κ2) is 7.88. The third-order valence-corrected chi connectivity index (χ3v) is 5.38. The molecule has 0 aliphatic rings. The Balaban J connectivity index is 1.70. The van der Waals surface area contributed by atoms with E-state index in [4.69, 9.17) is 4.74 Å². The quantitative estimate of drug-likeness (QED) is 0.356. The second-order valence-corrected chi connectivity index (χ2v) is 7.34. The topological polar surface area (TPSA) is 31.2 Å². The number of aromatic nitrogens is 1. The smallest absolute Gasteiger partial charge is 0.200 e. The van der Waals surface area contributed by atoms with E-state index in [1.165, 1.54) is 5.56 Å². The van der Waals surface area contributed by atoms with E-state index < -0.39 is 0 Å². The SMILES string of the molecule is O=c1c2ccccc2n(Cc2ccccc2)c2cccc(OCc3ccccc3)c12. The molecule has 3 heteroatoms. The maximum Gasteiger partial charge on any atom is 0.200 e. The Hall–Kier alpha value is -3.85. The first kappa shape index (κ1) is 18.2. The van der Waals surface area contributed by atoms with Crippen LogP contribution >= 0.6 is 0 Å². The lowest BCUT2D eigenvalue weighted by Crippen LogP contribution is -2.13. The molecular formula is C27H21NO2. The number of benzene rings is 4. The average Bonchev–Trinajstić information content (AvgIpc) is 2.81. The Morgan fingerprint density at radius 3 is 2.03 bits per heavy atom. The van der Waals surface area contributed by atoms with Gasteiger partial charge in [-0.2, -0.15) is 0 Å². The van der Waals surface area contributed by atoms with E-state index in [1.54, 1.807) is 0 Å². The first-order valence-electron chi connectivity index (χ1n) is 10.1. The molecule has 0 unspecified atom stereocenters. The highest BCUT2D eigenvalue weighted by atomic mass is 16.5. The summed E-state index contributed by atoms with van der Waals surface area (Å²) < 4.78 is 8.33. The second-order valence-electron chi connectivity index (χ2n) is 7.34. The van der Waals surface area contributed by atoms with Crippen LogP contribution in [0.2, 0.25) is 0 Å². The number of hydrogen-bond donors (Lipinski definition) is 0. The molecule has 0 fully saturated rings. The molecule has 0 radical (unpaired) electrons. The molecule has 1 heterocycles. The van der Waals surface area contributed by atoms with Gasteiger partial charge >= 0.3 is 0 Å². The van der Waals surface area contributed by atoms with E-state index in [2.05, 4.69) is 16.7 Å². The Morgan fingerprint density at radius 2 is 1.27 bits per heavy atom. The van der Waals surface area contributed by atoms with Gasteiger partial charge in [-0.25, -0.2) is 0 Å². The van der Waals surface area contributed by atoms with E-state index in [1.807, 2.05) is 91.0 Å². The normalized spacial score (nSPS) is 11.1. The zero-order chi connectivity index (χ0) is 20.3. The summed E-state index contributed by atoms with van der Waals surface area (Å²) in [6.07, 6.45) is 0. The van der Waals surface area contributed by atoms with Crippen molar-refractivity contribution in [1.82, 2.24) is 4.57 Å². The van der Waals surface area contributed by atoms with Gasteiger partial charge in [-0.1, -0.05) is 78.9 Å². The summed E-state index contributed by atoms with van der Waals surface area (Å²) in [6.45, 7) is 1.10. The largest absolute Gasteiger partial charge is 0.488 e. The van der Waals surface area contributed by atoms with Crippen molar-refractivity contribution in [3.05, 3.63) is 124 Å². The van der Waals surface area contributed by atoms with Gasteiger partial charge in [-0.3, -0.25) is 4.79 Å². The van der Waals surface area contributed by atoms with Crippen LogP contribution in [0.1, 0.15) is 11.1 Å². The fraction of sp³-hybridized carbons (Fsp3) is 0.0741. The van der Waals surface area contributed by atoms with Gasteiger partial charge in [0, 0.05) is 11.9 Å². The van der Waals surface area contributed by atoms with E-state index >= 15 is 0 Å². The first-order chi connectivity index (χ1) is 14.8. The number of rotatable bonds is 5. The van der Waals surface area contributed by atoms with Crippen LogP contribution in [-0.4, -0.2) is 4.57 Å². The molecule has 0 aliphatic heterocycles. The van der Waals surface area contributed by atoms with Crippen LogP contribution in [0.4, 0.5) is 0 Å². The van der Waals surface area contributed by atoms with Crippen LogP contribution in [0.15, 0.2) is 108 Å². The molecule has 0 bridgehead atoms. The number of fused-ring (bicyclic) bond motifs is 2. The molecule has 0 aliphatic carbocycles. The maximum absolute atomic E-state index is 13.4. The van der Waals surface area contributed by atoms with Gasteiger partial charge in [0.25, 0.3) is 0 Å². The number of nitrogens with zero attached hydrogens (tertiary/aromatic N) is 1. The molecule has 3 nitrogen and oxygen atoms in total. The van der Waals surface area contributed by atoms with Gasteiger partial charge in [0.05, 0.1) is 16.4 Å². The van der Waals surface area contributed by atoms with Crippen LogP contribution in [0, 0.1) is 0 Å². The minimum absolute atomic E-state index is 0.00794. The highest BCUT2D eigenvalue weighted by Gasteiger charge is 2.15. The van der Waals surface area contributed by atoms with Gasteiger partial charge in [-0.15, -0.1) is 0 Å². The monoisotopic (exact) mass is 391 g/mol. The zero-order valence-corrected chi connectivity index (χ0v) is 16.5. The fourth-order valence-corrected chi connectivity index (χ4v) is 3.93. The van der Waals surface area contributed by atoms with E-state index in [-0.39, 0.29) is 5.43 Å². The van der Waals surface area contributed by atoms with Crippen molar-refractivity contribution in [2.24, 2.45) is 0 Å². The number of para-hydroxylation sites is 1. The van der Waals surface area contributed by atoms with E-state index in [9.17, 15) is 4.79 Å². The van der Waals surface area contributed by atoms with Crippen LogP contribution in [-0.2, 0) is 13.2 Å². The van der Waals surface area contributed by atoms with Crippen LogP contribution in [0.3, 0.4) is 0 Å². The highest BCUT2D eigenvalue weighted by molar-refractivity contribution is 5.96. The Kier molecular flexibility index (Phi) is 4.78. The van der Waals surface area contributed by atoms with Gasteiger partial charge in [-0.05, 0) is 35.4 Å². The summed E-state index contributed by atoms with van der Waals surface area (Å²) in [6, 6.07) is 33.9. The zero-order valence-electron chi connectivity index (χ0n) is 16.5. The molecule has 0 atom stereocenters. The third-order valence-electron chi connectivity index (χ3n) is 5.38. The van der Waals surface area contributed by atoms with Crippen LogP contribution in [0.25, 0.3) is 21.8 Å². The van der Waals surface area contributed by atoms with Crippen molar-refractivity contribution in [1.29, 1.82) is 0 Å². The lowest BCUT2D eigenvalue weighted by molar-refractivity contribution is 0.310. The van der Waals surface area contributed by atoms with Crippen molar-refractivity contribution in [2.75, 3.05) is 0 Å². The molecule has 1 aromatic heterocycles. The number of ether oxygens (including phenoxy) is 1. The predicted molar refractivity (Wildman–Crippen MR) is 122 cm³/mol. The van der Waals surface area contributed by atoms with Crippen molar-refractivity contribution < 1.29 is 4.74 Å². The van der Waals surface area contributed by atoms with E-state index in [0.717, 1.165) is 16.6 Å². The molecule has 0 spiro atoms. The molecule has 5 rings (SSSR count). The van der Waals surface area contributed by atoms with Crippen molar-refractivity contribution in [2.45, 2.75) is 13.2 Å². The Morgan fingerprint density at radius 1 is 0.633 bits per heavy atom. The van der Waals surface area contributed by atoms with Crippen LogP contribution in [0.5, 0.6) is 5.75 Å². The summed E-state index contributed by atoms with van der Waals surface area (Å²) in [4.78, 5) is 13.4. The van der Waals surface area contributed by atoms with E-state index in [0.29, 0.717) is 29.7 Å². The summed E-state index contributed by atoms with van der Waals surface area (Å²) in [5.41, 5.74) is 4.07. The predicted octanol–water partition coefficient (Wildman–Crippen LogP) is 5.78. The van der Waals surface area contributed by atoms with Gasteiger partial charge < -0.3 is 9.30 Å². The lowest BCUT2D eigenvalue weighted by Gasteiger charge is -2.17. The number of pyridine rings is 1. The third kappa shape index (κ3) is 3.35. The molecule has 0 saturated carbocycles. The van der Waals surface area contributed by atoms with Crippen molar-refractivity contribution >= 4 is 21.8 Å². The highest BCUT2D eigenvalue weighted by Crippen LogP contribution is 2.28. The summed E-state index contributed by atoms with van der Waals surface area (Å²) in [7, 11) is 0. The first-order valence-corrected chi connectivity index (χ1v) is 10.1. The fourth-order valence-electron chi connectivity index (χ4n) is 3.93. The Labute approximate surface area is 174 Å².